The monoisotopic (exact) mass is 223 g/mol. The Bertz CT molecular complexity index is 388. The molecular weight excluding hydrogens is 209 g/mol. The van der Waals surface area contributed by atoms with E-state index in [2.05, 4.69) is 20.8 Å². The van der Waals surface area contributed by atoms with Crippen molar-refractivity contribution in [3.05, 3.63) is 35.1 Å². The van der Waals surface area contributed by atoms with Crippen molar-refractivity contribution in [3.63, 3.8) is 0 Å². The van der Waals surface area contributed by atoms with Crippen LogP contribution in [-0.2, 0) is 5.75 Å². The quantitative estimate of drug-likeness (QED) is 0.762. The summed E-state index contributed by atoms with van der Waals surface area (Å²) in [6, 6.07) is 6.43. The highest BCUT2D eigenvalue weighted by atomic mass is 32.2. The van der Waals surface area contributed by atoms with E-state index in [-0.39, 0.29) is 10.6 Å². The van der Waals surface area contributed by atoms with Crippen LogP contribution in [0.25, 0.3) is 0 Å². The normalized spacial score (nSPS) is 11.1. The van der Waals surface area contributed by atoms with Crippen LogP contribution >= 0.6 is 11.8 Å². The number of halogens is 1. The van der Waals surface area contributed by atoms with E-state index >= 15 is 0 Å². The van der Waals surface area contributed by atoms with Gasteiger partial charge in [0.15, 0.2) is 0 Å². The van der Waals surface area contributed by atoms with E-state index < -0.39 is 0 Å². The Hall–Kier alpha value is -1.01. The molecule has 0 amide bonds. The van der Waals surface area contributed by atoms with Gasteiger partial charge in [0.1, 0.15) is 5.82 Å². The van der Waals surface area contributed by atoms with E-state index in [1.54, 1.807) is 17.8 Å². The minimum absolute atomic E-state index is 0.152. The van der Waals surface area contributed by atoms with Crippen molar-refractivity contribution in [1.29, 1.82) is 5.26 Å². The molecule has 15 heavy (non-hydrogen) atoms. The van der Waals surface area contributed by atoms with Crippen molar-refractivity contribution in [1.82, 2.24) is 0 Å². The maximum absolute atomic E-state index is 13.1. The second kappa shape index (κ2) is 4.67. The predicted molar refractivity (Wildman–Crippen MR) is 62.2 cm³/mol. The molecule has 1 rings (SSSR count). The highest BCUT2D eigenvalue weighted by Crippen LogP contribution is 2.27. The highest BCUT2D eigenvalue weighted by Gasteiger charge is 2.11. The van der Waals surface area contributed by atoms with Gasteiger partial charge in [0.2, 0.25) is 0 Å². The van der Waals surface area contributed by atoms with Crippen LogP contribution < -0.4 is 0 Å². The third-order valence-electron chi connectivity index (χ3n) is 1.76. The van der Waals surface area contributed by atoms with E-state index in [1.165, 1.54) is 12.1 Å². The first-order valence-corrected chi connectivity index (χ1v) is 5.73. The molecule has 0 atom stereocenters. The van der Waals surface area contributed by atoms with E-state index in [0.29, 0.717) is 5.56 Å². The van der Waals surface area contributed by atoms with Crippen LogP contribution in [0, 0.1) is 17.1 Å². The van der Waals surface area contributed by atoms with Gasteiger partial charge in [-0.25, -0.2) is 4.39 Å². The van der Waals surface area contributed by atoms with Gasteiger partial charge in [-0.15, -0.1) is 0 Å². The molecule has 0 radical (unpaired) electrons. The van der Waals surface area contributed by atoms with Crippen LogP contribution in [0.2, 0.25) is 0 Å². The maximum Gasteiger partial charge on any atom is 0.124 e. The Labute approximate surface area is 94.3 Å². The molecule has 0 fully saturated rings. The molecule has 0 aromatic heterocycles. The van der Waals surface area contributed by atoms with E-state index in [9.17, 15) is 4.39 Å². The van der Waals surface area contributed by atoms with Gasteiger partial charge in [-0.05, 0) is 23.8 Å². The number of hydrogen-bond acceptors (Lipinski definition) is 2. The van der Waals surface area contributed by atoms with Gasteiger partial charge >= 0.3 is 0 Å². The zero-order valence-electron chi connectivity index (χ0n) is 9.17. The molecule has 0 bridgehead atoms. The summed E-state index contributed by atoms with van der Waals surface area (Å²) in [5, 5.41) is 8.69. The Morgan fingerprint density at radius 2 is 2.00 bits per heavy atom. The van der Waals surface area contributed by atoms with E-state index in [1.807, 2.05) is 6.07 Å². The molecule has 1 nitrogen and oxygen atoms in total. The standard InChI is InChI=1S/C12H14FNS/c1-12(2,3)15-8-10-4-9(7-14)5-11(13)6-10/h4-6H,8H2,1-3H3. The number of nitriles is 1. The first kappa shape index (κ1) is 12.1. The van der Waals surface area contributed by atoms with Gasteiger partial charge in [-0.1, -0.05) is 20.8 Å². The fourth-order valence-electron chi connectivity index (χ4n) is 1.10. The summed E-state index contributed by atoms with van der Waals surface area (Å²) in [6.07, 6.45) is 0. The fourth-order valence-corrected chi connectivity index (χ4v) is 1.86. The van der Waals surface area contributed by atoms with Gasteiger partial charge in [0, 0.05) is 10.5 Å². The molecule has 0 saturated carbocycles. The van der Waals surface area contributed by atoms with Crippen LogP contribution in [0.15, 0.2) is 18.2 Å². The van der Waals surface area contributed by atoms with Gasteiger partial charge in [-0.3, -0.25) is 0 Å². The zero-order chi connectivity index (χ0) is 11.5. The van der Waals surface area contributed by atoms with Crippen LogP contribution in [-0.4, -0.2) is 4.75 Å². The Kier molecular flexibility index (Phi) is 3.76. The molecule has 80 valence electrons. The van der Waals surface area contributed by atoms with Crippen LogP contribution in [0.5, 0.6) is 0 Å². The summed E-state index contributed by atoms with van der Waals surface area (Å²) in [5.41, 5.74) is 1.26. The smallest absolute Gasteiger partial charge is 0.124 e. The topological polar surface area (TPSA) is 23.8 Å². The van der Waals surface area contributed by atoms with Crippen LogP contribution in [0.1, 0.15) is 31.9 Å². The largest absolute Gasteiger partial charge is 0.207 e. The molecule has 1 aromatic rings. The molecule has 0 N–H and O–H groups in total. The highest BCUT2D eigenvalue weighted by molar-refractivity contribution is 7.99. The van der Waals surface area contributed by atoms with Crippen LogP contribution in [0.3, 0.4) is 0 Å². The number of rotatable bonds is 2. The van der Waals surface area contributed by atoms with Crippen molar-refractivity contribution in [3.8, 4) is 6.07 Å². The lowest BCUT2D eigenvalue weighted by Gasteiger charge is -2.17. The van der Waals surface area contributed by atoms with Crippen molar-refractivity contribution in [2.45, 2.75) is 31.3 Å². The third kappa shape index (κ3) is 4.35. The Morgan fingerprint density at radius 3 is 2.53 bits per heavy atom. The Balaban J connectivity index is 2.78. The lowest BCUT2D eigenvalue weighted by atomic mass is 10.1. The van der Waals surface area contributed by atoms with Crippen molar-refractivity contribution < 1.29 is 4.39 Å². The average Bonchev–Trinajstić information content (AvgIpc) is 2.13. The van der Waals surface area contributed by atoms with E-state index in [4.69, 9.17) is 5.26 Å². The minimum atomic E-state index is -0.335. The summed E-state index contributed by atoms with van der Waals surface area (Å²) in [7, 11) is 0. The molecule has 0 saturated heterocycles. The summed E-state index contributed by atoms with van der Waals surface area (Å²) in [4.78, 5) is 0. The zero-order valence-corrected chi connectivity index (χ0v) is 9.99. The second-order valence-electron chi connectivity index (χ2n) is 4.36. The first-order valence-electron chi connectivity index (χ1n) is 4.74. The molecule has 0 aliphatic heterocycles. The predicted octanol–water partition coefficient (Wildman–Crippen LogP) is 3.73. The summed E-state index contributed by atoms with van der Waals surface area (Å²) >= 11 is 1.74. The van der Waals surface area contributed by atoms with Crippen molar-refractivity contribution in [2.75, 3.05) is 0 Å². The number of benzene rings is 1. The molecule has 1 aromatic carbocycles. The lowest BCUT2D eigenvalue weighted by molar-refractivity contribution is 0.626. The average molecular weight is 223 g/mol. The fraction of sp³-hybridized carbons (Fsp3) is 0.417. The van der Waals surface area contributed by atoms with Gasteiger partial charge in [0.05, 0.1) is 11.6 Å². The third-order valence-corrected chi connectivity index (χ3v) is 3.10. The molecule has 0 unspecified atom stereocenters. The molecule has 0 aliphatic carbocycles. The summed E-state index contributed by atoms with van der Waals surface area (Å²) in [5.74, 6) is 0.397. The lowest BCUT2D eigenvalue weighted by Crippen LogP contribution is -2.07. The number of nitrogens with zero attached hydrogens (tertiary/aromatic N) is 1. The molecule has 3 heteroatoms. The second-order valence-corrected chi connectivity index (χ2v) is 6.16. The van der Waals surface area contributed by atoms with Gasteiger partial charge in [-0.2, -0.15) is 17.0 Å². The first-order chi connectivity index (χ1) is 6.90. The SMILES string of the molecule is CC(C)(C)SCc1cc(F)cc(C#N)c1. The van der Waals surface area contributed by atoms with Crippen molar-refractivity contribution >= 4 is 11.8 Å². The Morgan fingerprint density at radius 1 is 1.33 bits per heavy atom. The maximum atomic E-state index is 13.1. The minimum Gasteiger partial charge on any atom is -0.207 e. The molecule has 0 heterocycles. The molecular formula is C12H14FNS. The number of hydrogen-bond donors (Lipinski definition) is 0. The van der Waals surface area contributed by atoms with Crippen LogP contribution in [0.4, 0.5) is 4.39 Å². The summed E-state index contributed by atoms with van der Waals surface area (Å²) in [6.45, 7) is 6.34. The molecule has 0 spiro atoms. The van der Waals surface area contributed by atoms with Crippen molar-refractivity contribution in [2.24, 2.45) is 0 Å². The van der Waals surface area contributed by atoms with E-state index in [0.717, 1.165) is 11.3 Å². The van der Waals surface area contributed by atoms with Gasteiger partial charge < -0.3 is 0 Å². The number of thioether (sulfide) groups is 1. The molecule has 0 aliphatic rings. The van der Waals surface area contributed by atoms with Gasteiger partial charge in [0.25, 0.3) is 0 Å². The summed E-state index contributed by atoms with van der Waals surface area (Å²) < 4.78 is 13.2.